The van der Waals surface area contributed by atoms with Gasteiger partial charge in [-0.2, -0.15) is 0 Å². The SMILES string of the molecule is C#CC(=O)OCCCCCO. The van der Waals surface area contributed by atoms with Crippen molar-refractivity contribution in [2.24, 2.45) is 0 Å². The number of aliphatic hydroxyl groups excluding tert-OH is 1. The van der Waals surface area contributed by atoms with Crippen LogP contribution in [0.4, 0.5) is 0 Å². The average Bonchev–Trinajstić information content (AvgIpc) is 2.04. The lowest BCUT2D eigenvalue weighted by Gasteiger charge is -1.98. The molecule has 0 aromatic rings. The molecular formula is C8H12O3. The van der Waals surface area contributed by atoms with Crippen molar-refractivity contribution in [3.8, 4) is 12.3 Å². The Labute approximate surface area is 66.4 Å². The first-order valence-electron chi connectivity index (χ1n) is 3.55. The van der Waals surface area contributed by atoms with E-state index in [1.165, 1.54) is 0 Å². The molecule has 0 bridgehead atoms. The summed E-state index contributed by atoms with van der Waals surface area (Å²) in [6, 6.07) is 0. The number of esters is 1. The number of carbonyl (C=O) groups is 1. The number of terminal acetylenes is 1. The zero-order valence-electron chi connectivity index (χ0n) is 6.38. The Bertz CT molecular complexity index is 146. The highest BCUT2D eigenvalue weighted by Gasteiger charge is 1.94. The van der Waals surface area contributed by atoms with Gasteiger partial charge in [0.2, 0.25) is 0 Å². The molecule has 0 aromatic heterocycles. The lowest BCUT2D eigenvalue weighted by atomic mass is 10.2. The lowest BCUT2D eigenvalue weighted by Crippen LogP contribution is -2.02. The largest absolute Gasteiger partial charge is 0.456 e. The summed E-state index contributed by atoms with van der Waals surface area (Å²) in [6.45, 7) is 0.534. The molecule has 0 amide bonds. The van der Waals surface area contributed by atoms with Gasteiger partial charge in [-0.25, -0.2) is 4.79 Å². The zero-order chi connectivity index (χ0) is 8.53. The molecule has 1 N–H and O–H groups in total. The predicted octanol–water partition coefficient (Wildman–Crippen LogP) is 0.325. The number of hydrogen-bond acceptors (Lipinski definition) is 3. The first kappa shape index (κ1) is 9.99. The Morgan fingerprint density at radius 2 is 2.18 bits per heavy atom. The smallest absolute Gasteiger partial charge is 0.384 e. The summed E-state index contributed by atoms with van der Waals surface area (Å²) in [5.74, 6) is 1.23. The molecule has 0 unspecified atom stereocenters. The van der Waals surface area contributed by atoms with E-state index in [0.717, 1.165) is 19.3 Å². The van der Waals surface area contributed by atoms with Gasteiger partial charge >= 0.3 is 5.97 Å². The Morgan fingerprint density at radius 1 is 1.45 bits per heavy atom. The molecule has 3 heteroatoms. The summed E-state index contributed by atoms with van der Waals surface area (Å²) in [5, 5.41) is 8.38. The number of rotatable bonds is 5. The lowest BCUT2D eigenvalue weighted by molar-refractivity contribution is -0.136. The van der Waals surface area contributed by atoms with Crippen molar-refractivity contribution in [1.82, 2.24) is 0 Å². The van der Waals surface area contributed by atoms with Gasteiger partial charge in [0.25, 0.3) is 0 Å². The second kappa shape index (κ2) is 7.10. The normalized spacial score (nSPS) is 8.73. The minimum Gasteiger partial charge on any atom is -0.456 e. The Balaban J connectivity index is 3.03. The molecular weight excluding hydrogens is 144 g/mol. The molecule has 0 atom stereocenters. The fourth-order valence-corrected chi connectivity index (χ4v) is 0.597. The van der Waals surface area contributed by atoms with Crippen molar-refractivity contribution >= 4 is 5.97 Å². The number of aliphatic hydroxyl groups is 1. The molecule has 0 spiro atoms. The maximum absolute atomic E-state index is 10.3. The van der Waals surface area contributed by atoms with E-state index in [0.29, 0.717) is 6.61 Å². The van der Waals surface area contributed by atoms with E-state index in [1.54, 1.807) is 0 Å². The van der Waals surface area contributed by atoms with Crippen LogP contribution in [0, 0.1) is 12.3 Å². The summed E-state index contributed by atoms with van der Waals surface area (Å²) in [7, 11) is 0. The third-order valence-corrected chi connectivity index (χ3v) is 1.15. The molecule has 0 rings (SSSR count). The van der Waals surface area contributed by atoms with E-state index in [1.807, 2.05) is 5.92 Å². The van der Waals surface area contributed by atoms with Crippen molar-refractivity contribution in [2.75, 3.05) is 13.2 Å². The van der Waals surface area contributed by atoms with Crippen LogP contribution in [0.25, 0.3) is 0 Å². The Kier molecular flexibility index (Phi) is 6.45. The summed E-state index contributed by atoms with van der Waals surface area (Å²) < 4.78 is 4.58. The van der Waals surface area contributed by atoms with Gasteiger partial charge in [-0.1, -0.05) is 0 Å². The minimum absolute atomic E-state index is 0.184. The number of unbranched alkanes of at least 4 members (excludes halogenated alkanes) is 2. The first-order chi connectivity index (χ1) is 5.31. The second-order valence-corrected chi connectivity index (χ2v) is 2.06. The quantitative estimate of drug-likeness (QED) is 0.270. The van der Waals surface area contributed by atoms with Gasteiger partial charge in [-0.05, 0) is 19.3 Å². The summed E-state index contributed by atoms with van der Waals surface area (Å²) in [4.78, 5) is 10.3. The zero-order valence-corrected chi connectivity index (χ0v) is 6.38. The van der Waals surface area contributed by atoms with E-state index >= 15 is 0 Å². The fraction of sp³-hybridized carbons (Fsp3) is 0.625. The van der Waals surface area contributed by atoms with Gasteiger partial charge in [0.1, 0.15) is 0 Å². The second-order valence-electron chi connectivity index (χ2n) is 2.06. The molecule has 0 aliphatic carbocycles. The molecule has 0 aliphatic heterocycles. The van der Waals surface area contributed by atoms with Crippen molar-refractivity contribution in [1.29, 1.82) is 0 Å². The summed E-state index contributed by atoms with van der Waals surface area (Å²) in [5.41, 5.74) is 0. The van der Waals surface area contributed by atoms with Gasteiger partial charge in [-0.3, -0.25) is 0 Å². The van der Waals surface area contributed by atoms with Gasteiger partial charge in [0.15, 0.2) is 0 Å². The molecule has 0 heterocycles. The molecule has 62 valence electrons. The maximum atomic E-state index is 10.3. The van der Waals surface area contributed by atoms with Gasteiger partial charge in [-0.15, -0.1) is 6.42 Å². The van der Waals surface area contributed by atoms with E-state index < -0.39 is 5.97 Å². The molecule has 0 aliphatic rings. The molecule has 3 nitrogen and oxygen atoms in total. The molecule has 0 saturated carbocycles. The van der Waals surface area contributed by atoms with Crippen LogP contribution in [0.3, 0.4) is 0 Å². The average molecular weight is 156 g/mol. The predicted molar refractivity (Wildman–Crippen MR) is 40.7 cm³/mol. The minimum atomic E-state index is -0.617. The van der Waals surface area contributed by atoms with Crippen LogP contribution in [-0.4, -0.2) is 24.3 Å². The standard InChI is InChI=1S/C8H12O3/c1-2-8(10)11-7-5-3-4-6-9/h1,9H,3-7H2. The van der Waals surface area contributed by atoms with Crippen LogP contribution >= 0.6 is 0 Å². The van der Waals surface area contributed by atoms with Gasteiger partial charge in [0.05, 0.1) is 6.61 Å². The van der Waals surface area contributed by atoms with Crippen LogP contribution in [-0.2, 0) is 9.53 Å². The van der Waals surface area contributed by atoms with E-state index in [-0.39, 0.29) is 6.61 Å². The molecule has 0 aromatic carbocycles. The van der Waals surface area contributed by atoms with Crippen LogP contribution in [0.2, 0.25) is 0 Å². The summed E-state index contributed by atoms with van der Waals surface area (Å²) >= 11 is 0. The third kappa shape index (κ3) is 6.88. The van der Waals surface area contributed by atoms with E-state index in [4.69, 9.17) is 11.5 Å². The van der Waals surface area contributed by atoms with Crippen molar-refractivity contribution in [2.45, 2.75) is 19.3 Å². The van der Waals surface area contributed by atoms with Crippen LogP contribution in [0.15, 0.2) is 0 Å². The Morgan fingerprint density at radius 3 is 2.73 bits per heavy atom. The number of ether oxygens (including phenoxy) is 1. The van der Waals surface area contributed by atoms with Gasteiger partial charge in [0, 0.05) is 12.5 Å². The molecule has 11 heavy (non-hydrogen) atoms. The fourth-order valence-electron chi connectivity index (χ4n) is 0.597. The Hall–Kier alpha value is -1.01. The van der Waals surface area contributed by atoms with Crippen molar-refractivity contribution in [3.05, 3.63) is 0 Å². The third-order valence-electron chi connectivity index (χ3n) is 1.15. The number of carbonyl (C=O) groups excluding carboxylic acids is 1. The molecule has 0 radical (unpaired) electrons. The monoisotopic (exact) mass is 156 g/mol. The first-order valence-corrected chi connectivity index (χ1v) is 3.55. The van der Waals surface area contributed by atoms with E-state index in [9.17, 15) is 4.79 Å². The van der Waals surface area contributed by atoms with Crippen LogP contribution in [0.1, 0.15) is 19.3 Å². The van der Waals surface area contributed by atoms with Crippen LogP contribution < -0.4 is 0 Å². The maximum Gasteiger partial charge on any atom is 0.384 e. The highest BCUT2D eigenvalue weighted by atomic mass is 16.5. The van der Waals surface area contributed by atoms with Crippen molar-refractivity contribution in [3.63, 3.8) is 0 Å². The highest BCUT2D eigenvalue weighted by molar-refractivity contribution is 5.87. The van der Waals surface area contributed by atoms with Gasteiger partial charge < -0.3 is 9.84 Å². The van der Waals surface area contributed by atoms with Crippen molar-refractivity contribution < 1.29 is 14.6 Å². The number of hydrogen-bond donors (Lipinski definition) is 1. The molecule has 0 saturated heterocycles. The topological polar surface area (TPSA) is 46.5 Å². The molecule has 0 fully saturated rings. The summed E-state index contributed by atoms with van der Waals surface area (Å²) in [6.07, 6.45) is 7.11. The highest BCUT2D eigenvalue weighted by Crippen LogP contribution is 1.94. The van der Waals surface area contributed by atoms with Crippen LogP contribution in [0.5, 0.6) is 0 Å². The van der Waals surface area contributed by atoms with E-state index in [2.05, 4.69) is 4.74 Å².